The van der Waals surface area contributed by atoms with Crippen LogP contribution in [0.3, 0.4) is 0 Å². The van der Waals surface area contributed by atoms with E-state index in [1.807, 2.05) is 0 Å². The van der Waals surface area contributed by atoms with Crippen LogP contribution < -0.4 is 5.32 Å². The van der Waals surface area contributed by atoms with E-state index in [9.17, 15) is 0 Å². The smallest absolute Gasteiger partial charge is 0.00780 e. The van der Waals surface area contributed by atoms with E-state index in [-0.39, 0.29) is 0 Å². The summed E-state index contributed by atoms with van der Waals surface area (Å²) in [7, 11) is 0. The Morgan fingerprint density at radius 1 is 1.18 bits per heavy atom. The molecule has 1 heterocycles. The van der Waals surface area contributed by atoms with Crippen LogP contribution in [0.15, 0.2) is 0 Å². The van der Waals surface area contributed by atoms with Gasteiger partial charge in [-0.3, -0.25) is 0 Å². The fraction of sp³-hybridized carbons (Fsp3) is 1.00. The summed E-state index contributed by atoms with van der Waals surface area (Å²) in [5.74, 6) is 0. The number of fused-ring (bicyclic) bond motifs is 2. The molecule has 2 fully saturated rings. The van der Waals surface area contributed by atoms with Crippen molar-refractivity contribution in [3.05, 3.63) is 0 Å². The molecule has 1 saturated carbocycles. The van der Waals surface area contributed by atoms with Gasteiger partial charge in [0.1, 0.15) is 0 Å². The SMILES string of the molecule is CC1(C)CC2C[C@@](C)(CN2)C1. The summed E-state index contributed by atoms with van der Waals surface area (Å²) in [6.07, 6.45) is 4.20. The van der Waals surface area contributed by atoms with Crippen molar-refractivity contribution in [3.8, 4) is 0 Å². The first-order chi connectivity index (χ1) is 4.99. The number of hydrogen-bond acceptors (Lipinski definition) is 1. The van der Waals surface area contributed by atoms with Gasteiger partial charge in [-0.15, -0.1) is 0 Å². The van der Waals surface area contributed by atoms with Gasteiger partial charge in [-0.2, -0.15) is 0 Å². The van der Waals surface area contributed by atoms with Crippen LogP contribution in [-0.2, 0) is 0 Å². The Bertz CT molecular complexity index is 174. The fourth-order valence-corrected chi connectivity index (χ4v) is 3.30. The minimum absolute atomic E-state index is 0.584. The quantitative estimate of drug-likeness (QED) is 0.562. The second-order valence-electron chi connectivity index (χ2n) is 5.64. The Morgan fingerprint density at radius 2 is 1.91 bits per heavy atom. The molecule has 0 aromatic rings. The topological polar surface area (TPSA) is 12.0 Å². The molecule has 0 aromatic carbocycles. The Labute approximate surface area is 69.6 Å². The molecular formula is C10H19N. The highest BCUT2D eigenvalue weighted by molar-refractivity contribution is 5.00. The molecule has 1 unspecified atom stereocenters. The molecule has 2 aliphatic rings. The van der Waals surface area contributed by atoms with Crippen molar-refractivity contribution in [2.75, 3.05) is 6.54 Å². The van der Waals surface area contributed by atoms with Crippen molar-refractivity contribution in [2.24, 2.45) is 10.8 Å². The minimum Gasteiger partial charge on any atom is -0.313 e. The van der Waals surface area contributed by atoms with Crippen molar-refractivity contribution < 1.29 is 0 Å². The van der Waals surface area contributed by atoms with Gasteiger partial charge in [0.05, 0.1) is 0 Å². The predicted molar refractivity (Wildman–Crippen MR) is 47.5 cm³/mol. The summed E-state index contributed by atoms with van der Waals surface area (Å²) >= 11 is 0. The molecule has 1 N–H and O–H groups in total. The molecule has 11 heavy (non-hydrogen) atoms. The highest BCUT2D eigenvalue weighted by Crippen LogP contribution is 2.48. The summed E-state index contributed by atoms with van der Waals surface area (Å²) in [4.78, 5) is 0. The molecule has 1 nitrogen and oxygen atoms in total. The molecule has 0 amide bonds. The summed E-state index contributed by atoms with van der Waals surface area (Å²) in [5.41, 5.74) is 1.20. The van der Waals surface area contributed by atoms with E-state index in [2.05, 4.69) is 26.1 Å². The summed E-state index contributed by atoms with van der Waals surface area (Å²) in [5, 5.41) is 3.61. The lowest BCUT2D eigenvalue weighted by molar-refractivity contribution is 0.135. The van der Waals surface area contributed by atoms with Gasteiger partial charge in [-0.25, -0.2) is 0 Å². The van der Waals surface area contributed by atoms with Gasteiger partial charge in [0.15, 0.2) is 0 Å². The second kappa shape index (κ2) is 2.01. The molecule has 2 atom stereocenters. The molecule has 0 spiro atoms. The van der Waals surface area contributed by atoms with Crippen molar-refractivity contribution >= 4 is 0 Å². The van der Waals surface area contributed by atoms with Crippen molar-refractivity contribution in [1.82, 2.24) is 5.32 Å². The second-order valence-corrected chi connectivity index (χ2v) is 5.64. The lowest BCUT2D eigenvalue weighted by Gasteiger charge is -2.39. The van der Waals surface area contributed by atoms with Crippen molar-refractivity contribution in [3.63, 3.8) is 0 Å². The number of nitrogens with one attached hydrogen (secondary N) is 1. The maximum Gasteiger partial charge on any atom is 0.00780 e. The Balaban J connectivity index is 2.19. The number of hydrogen-bond donors (Lipinski definition) is 1. The van der Waals surface area contributed by atoms with Crippen LogP contribution in [0.1, 0.15) is 40.0 Å². The standard InChI is InChI=1S/C10H19N/c1-9(2)4-8-5-10(3,6-9)7-11-8/h8,11H,4-7H2,1-3H3/t8?,10-/m1/s1. The maximum atomic E-state index is 3.61. The van der Waals surface area contributed by atoms with E-state index >= 15 is 0 Å². The molecule has 0 radical (unpaired) electrons. The molecule has 1 aliphatic heterocycles. The van der Waals surface area contributed by atoms with Crippen molar-refractivity contribution in [1.29, 1.82) is 0 Å². The third-order valence-corrected chi connectivity index (χ3v) is 3.26. The Hall–Kier alpha value is -0.0400. The molecule has 1 saturated heterocycles. The molecule has 2 bridgehead atoms. The van der Waals surface area contributed by atoms with Gasteiger partial charge in [0.25, 0.3) is 0 Å². The average Bonchev–Trinajstić information content (AvgIpc) is 2.03. The van der Waals surface area contributed by atoms with E-state index in [0.717, 1.165) is 6.04 Å². The summed E-state index contributed by atoms with van der Waals surface area (Å²) in [6.45, 7) is 8.50. The lowest BCUT2D eigenvalue weighted by Crippen LogP contribution is -2.33. The van der Waals surface area contributed by atoms with E-state index in [1.54, 1.807) is 0 Å². The van der Waals surface area contributed by atoms with E-state index in [1.165, 1.54) is 25.8 Å². The molecule has 1 heteroatoms. The van der Waals surface area contributed by atoms with Crippen molar-refractivity contribution in [2.45, 2.75) is 46.1 Å². The largest absolute Gasteiger partial charge is 0.313 e. The average molecular weight is 153 g/mol. The van der Waals surface area contributed by atoms with Gasteiger partial charge < -0.3 is 5.32 Å². The van der Waals surface area contributed by atoms with Crippen LogP contribution in [-0.4, -0.2) is 12.6 Å². The third kappa shape index (κ3) is 1.31. The van der Waals surface area contributed by atoms with Crippen LogP contribution in [0.2, 0.25) is 0 Å². The Morgan fingerprint density at radius 3 is 2.55 bits per heavy atom. The Kier molecular flexibility index (Phi) is 1.39. The van der Waals surface area contributed by atoms with E-state index in [4.69, 9.17) is 0 Å². The maximum absolute atomic E-state index is 3.61. The first kappa shape index (κ1) is 7.60. The minimum atomic E-state index is 0.584. The zero-order valence-corrected chi connectivity index (χ0v) is 7.91. The molecule has 1 aliphatic carbocycles. The highest BCUT2D eigenvalue weighted by Gasteiger charge is 2.45. The van der Waals surface area contributed by atoms with Crippen LogP contribution in [0.4, 0.5) is 0 Å². The van der Waals surface area contributed by atoms with Crippen LogP contribution in [0, 0.1) is 10.8 Å². The fourth-order valence-electron chi connectivity index (χ4n) is 3.30. The molecule has 0 aromatic heterocycles. The van der Waals surface area contributed by atoms with Gasteiger partial charge in [0, 0.05) is 12.6 Å². The van der Waals surface area contributed by atoms with Gasteiger partial charge >= 0.3 is 0 Å². The number of rotatable bonds is 0. The van der Waals surface area contributed by atoms with Gasteiger partial charge in [0.2, 0.25) is 0 Å². The first-order valence-corrected chi connectivity index (χ1v) is 4.73. The van der Waals surface area contributed by atoms with Crippen LogP contribution >= 0.6 is 0 Å². The summed E-state index contributed by atoms with van der Waals surface area (Å²) in [6, 6.07) is 0.823. The first-order valence-electron chi connectivity index (χ1n) is 4.73. The monoisotopic (exact) mass is 153 g/mol. The third-order valence-electron chi connectivity index (χ3n) is 3.26. The van der Waals surface area contributed by atoms with E-state index in [0.29, 0.717) is 10.8 Å². The van der Waals surface area contributed by atoms with Gasteiger partial charge in [-0.1, -0.05) is 20.8 Å². The summed E-state index contributed by atoms with van der Waals surface area (Å²) < 4.78 is 0. The zero-order valence-electron chi connectivity index (χ0n) is 7.91. The predicted octanol–water partition coefficient (Wildman–Crippen LogP) is 2.17. The molecule has 64 valence electrons. The molecule has 2 rings (SSSR count). The molecular weight excluding hydrogens is 134 g/mol. The normalized spacial score (nSPS) is 47.7. The van der Waals surface area contributed by atoms with Crippen LogP contribution in [0.5, 0.6) is 0 Å². The van der Waals surface area contributed by atoms with Crippen LogP contribution in [0.25, 0.3) is 0 Å². The van der Waals surface area contributed by atoms with Gasteiger partial charge in [-0.05, 0) is 30.1 Å². The zero-order chi connectivity index (χ0) is 8.11. The highest BCUT2D eigenvalue weighted by atomic mass is 15.0. The van der Waals surface area contributed by atoms with E-state index < -0.39 is 0 Å². The lowest BCUT2D eigenvalue weighted by atomic mass is 9.65.